The molecule has 2 rings (SSSR count). The number of hydrogen-bond acceptors (Lipinski definition) is 3. The first kappa shape index (κ1) is 29.4. The van der Waals surface area contributed by atoms with E-state index in [2.05, 4.69) is 13.8 Å². The minimum absolute atomic E-state index is 0.179. The Morgan fingerprint density at radius 3 is 1.59 bits per heavy atom. The summed E-state index contributed by atoms with van der Waals surface area (Å²) in [7, 11) is 0. The van der Waals surface area contributed by atoms with E-state index in [1.54, 1.807) is 30.3 Å². The summed E-state index contributed by atoms with van der Waals surface area (Å²) in [5, 5.41) is 8.38. The second-order valence-electron chi connectivity index (χ2n) is 8.91. The van der Waals surface area contributed by atoms with Crippen molar-refractivity contribution >= 4 is 11.9 Å². The molecule has 0 aliphatic carbocycles. The third-order valence-corrected chi connectivity index (χ3v) is 5.91. The van der Waals surface area contributed by atoms with Crippen LogP contribution in [0.4, 0.5) is 0 Å². The number of carboxylic acids is 1. The zero-order chi connectivity index (χ0) is 24.9. The van der Waals surface area contributed by atoms with Crippen LogP contribution in [0.1, 0.15) is 112 Å². The second kappa shape index (κ2) is 19.8. The highest BCUT2D eigenvalue weighted by Crippen LogP contribution is 2.20. The smallest absolute Gasteiger partial charge is 0.338 e. The van der Waals surface area contributed by atoms with Crippen LogP contribution >= 0.6 is 0 Å². The molecule has 0 heterocycles. The number of benzene rings is 2. The van der Waals surface area contributed by atoms with Crippen LogP contribution < -0.4 is 0 Å². The molecule has 0 spiro atoms. The maximum atomic E-state index is 12.2. The van der Waals surface area contributed by atoms with Crippen LogP contribution in [0.5, 0.6) is 0 Å². The van der Waals surface area contributed by atoms with Gasteiger partial charge in [0.15, 0.2) is 0 Å². The van der Waals surface area contributed by atoms with Crippen molar-refractivity contribution in [2.45, 2.75) is 90.9 Å². The summed E-state index contributed by atoms with van der Waals surface area (Å²) in [4.78, 5) is 22.4. The lowest BCUT2D eigenvalue weighted by Crippen LogP contribution is -2.14. The van der Waals surface area contributed by atoms with E-state index in [4.69, 9.17) is 9.84 Å². The molecule has 0 fully saturated rings. The van der Waals surface area contributed by atoms with Gasteiger partial charge in [-0.15, -0.1) is 0 Å². The molecule has 4 heteroatoms. The highest BCUT2D eigenvalue weighted by Gasteiger charge is 2.13. The lowest BCUT2D eigenvalue weighted by atomic mass is 9.95. The number of aromatic carboxylic acids is 1. The maximum Gasteiger partial charge on any atom is 0.338 e. The summed E-state index contributed by atoms with van der Waals surface area (Å²) in [5.74, 6) is -0.534. The lowest BCUT2D eigenvalue weighted by molar-refractivity contribution is 0.0422. The van der Waals surface area contributed by atoms with E-state index in [1.807, 2.05) is 30.3 Å². The third-order valence-electron chi connectivity index (χ3n) is 5.91. The SMILES string of the molecule is CCCCCCCCC(CCCCCC)COC(=O)c1ccccc1.O=C(O)c1ccccc1. The van der Waals surface area contributed by atoms with Gasteiger partial charge < -0.3 is 9.84 Å². The molecule has 0 aliphatic heterocycles. The molecular weight excluding hydrogens is 424 g/mol. The average molecular weight is 469 g/mol. The number of carbonyl (C=O) groups is 2. The largest absolute Gasteiger partial charge is 0.478 e. The van der Waals surface area contributed by atoms with E-state index >= 15 is 0 Å². The molecule has 188 valence electrons. The van der Waals surface area contributed by atoms with Gasteiger partial charge in [-0.05, 0) is 43.0 Å². The topological polar surface area (TPSA) is 63.6 Å². The number of carbonyl (C=O) groups excluding carboxylic acids is 1. The standard InChI is InChI=1S/C23H38O2.C7H6O2/c1-3-5-7-9-10-13-17-21(16-12-8-6-4-2)20-25-23(24)22-18-14-11-15-19-22;8-7(9)6-4-2-1-3-5-6/h11,14-15,18-19,21H,3-10,12-13,16-17,20H2,1-2H3;1-5H,(H,8,9). The van der Waals surface area contributed by atoms with E-state index < -0.39 is 5.97 Å². The fraction of sp³-hybridized carbons (Fsp3) is 0.533. The quantitative estimate of drug-likeness (QED) is 0.198. The molecule has 2 aromatic carbocycles. The monoisotopic (exact) mass is 468 g/mol. The van der Waals surface area contributed by atoms with Crippen molar-refractivity contribution in [2.24, 2.45) is 5.92 Å². The predicted molar refractivity (Wildman–Crippen MR) is 140 cm³/mol. The van der Waals surface area contributed by atoms with Crippen LogP contribution in [-0.4, -0.2) is 23.7 Å². The normalized spacial score (nSPS) is 11.2. The molecule has 1 N–H and O–H groups in total. The Morgan fingerprint density at radius 2 is 1.12 bits per heavy atom. The molecule has 34 heavy (non-hydrogen) atoms. The van der Waals surface area contributed by atoms with Gasteiger partial charge in [0, 0.05) is 0 Å². The number of unbranched alkanes of at least 4 members (excludes halogenated alkanes) is 8. The van der Waals surface area contributed by atoms with Crippen LogP contribution in [0.25, 0.3) is 0 Å². The fourth-order valence-corrected chi connectivity index (χ4v) is 3.82. The van der Waals surface area contributed by atoms with Crippen molar-refractivity contribution in [1.82, 2.24) is 0 Å². The summed E-state index contributed by atoms with van der Waals surface area (Å²) in [6.45, 7) is 5.08. The van der Waals surface area contributed by atoms with Crippen LogP contribution in [0.2, 0.25) is 0 Å². The van der Waals surface area contributed by atoms with E-state index in [9.17, 15) is 9.59 Å². The molecule has 0 saturated carbocycles. The molecule has 1 atom stereocenters. The minimum atomic E-state index is -0.879. The van der Waals surface area contributed by atoms with E-state index in [-0.39, 0.29) is 5.97 Å². The number of carboxylic acid groups (broad SMARTS) is 1. The molecular formula is C30H44O4. The Labute approximate surface area is 206 Å². The van der Waals surface area contributed by atoms with Gasteiger partial charge >= 0.3 is 11.9 Å². The molecule has 4 nitrogen and oxygen atoms in total. The van der Waals surface area contributed by atoms with E-state index in [0.717, 1.165) is 0 Å². The molecule has 0 bridgehead atoms. The summed E-state index contributed by atoms with van der Waals surface area (Å²) in [5.41, 5.74) is 0.990. The van der Waals surface area contributed by atoms with Gasteiger partial charge in [-0.2, -0.15) is 0 Å². The summed E-state index contributed by atoms with van der Waals surface area (Å²) in [6.07, 6.45) is 15.5. The summed E-state index contributed by atoms with van der Waals surface area (Å²) >= 11 is 0. The lowest BCUT2D eigenvalue weighted by Gasteiger charge is -2.17. The number of esters is 1. The molecule has 1 unspecified atom stereocenters. The van der Waals surface area contributed by atoms with Crippen LogP contribution in [0.3, 0.4) is 0 Å². The first-order valence-electron chi connectivity index (χ1n) is 13.1. The maximum absolute atomic E-state index is 12.2. The zero-order valence-electron chi connectivity index (χ0n) is 21.2. The van der Waals surface area contributed by atoms with Gasteiger partial charge in [0.1, 0.15) is 0 Å². The van der Waals surface area contributed by atoms with Crippen molar-refractivity contribution in [1.29, 1.82) is 0 Å². The third kappa shape index (κ3) is 14.5. The Balaban J connectivity index is 0.000000533. The number of hydrogen-bond donors (Lipinski definition) is 1. The van der Waals surface area contributed by atoms with Crippen molar-refractivity contribution in [3.8, 4) is 0 Å². The zero-order valence-corrected chi connectivity index (χ0v) is 21.2. The Bertz CT molecular complexity index is 758. The molecule has 2 aromatic rings. The number of rotatable bonds is 16. The summed E-state index contributed by atoms with van der Waals surface area (Å²) < 4.78 is 5.60. The van der Waals surface area contributed by atoms with E-state index in [1.165, 1.54) is 77.0 Å². The van der Waals surface area contributed by atoms with Gasteiger partial charge in [0.25, 0.3) is 0 Å². The molecule has 0 amide bonds. The van der Waals surface area contributed by atoms with Crippen LogP contribution in [-0.2, 0) is 4.74 Å². The van der Waals surface area contributed by atoms with Crippen molar-refractivity contribution in [3.05, 3.63) is 71.8 Å². The van der Waals surface area contributed by atoms with Gasteiger partial charge in [-0.25, -0.2) is 9.59 Å². The predicted octanol–water partition coefficient (Wildman–Crippen LogP) is 8.57. The summed E-state index contributed by atoms with van der Waals surface area (Å²) in [6, 6.07) is 17.6. The average Bonchev–Trinajstić information content (AvgIpc) is 2.87. The van der Waals surface area contributed by atoms with Crippen LogP contribution in [0, 0.1) is 5.92 Å². The first-order valence-corrected chi connectivity index (χ1v) is 13.1. The fourth-order valence-electron chi connectivity index (χ4n) is 3.82. The van der Waals surface area contributed by atoms with Gasteiger partial charge in [0.2, 0.25) is 0 Å². The molecule has 0 aromatic heterocycles. The van der Waals surface area contributed by atoms with E-state index in [0.29, 0.717) is 23.7 Å². The van der Waals surface area contributed by atoms with Gasteiger partial charge in [0.05, 0.1) is 17.7 Å². The Kier molecular flexibility index (Phi) is 17.1. The highest BCUT2D eigenvalue weighted by molar-refractivity contribution is 5.89. The van der Waals surface area contributed by atoms with Gasteiger partial charge in [-0.3, -0.25) is 0 Å². The first-order chi connectivity index (χ1) is 16.6. The Morgan fingerprint density at radius 1 is 0.676 bits per heavy atom. The van der Waals surface area contributed by atoms with Crippen LogP contribution in [0.15, 0.2) is 60.7 Å². The van der Waals surface area contributed by atoms with Crippen molar-refractivity contribution in [2.75, 3.05) is 6.61 Å². The number of ether oxygens (including phenoxy) is 1. The second-order valence-corrected chi connectivity index (χ2v) is 8.91. The molecule has 0 radical (unpaired) electrons. The minimum Gasteiger partial charge on any atom is -0.478 e. The highest BCUT2D eigenvalue weighted by atomic mass is 16.5. The van der Waals surface area contributed by atoms with Gasteiger partial charge in [-0.1, -0.05) is 114 Å². The van der Waals surface area contributed by atoms with Crippen molar-refractivity contribution in [3.63, 3.8) is 0 Å². The molecule has 0 aliphatic rings. The Hall–Kier alpha value is -2.62. The molecule has 0 saturated heterocycles. The van der Waals surface area contributed by atoms with Crippen molar-refractivity contribution < 1.29 is 19.4 Å².